The van der Waals surface area contributed by atoms with Crippen LogP contribution in [-0.2, 0) is 25.7 Å². The first kappa shape index (κ1) is 24.9. The molecule has 1 aromatic heterocycles. The summed E-state index contributed by atoms with van der Waals surface area (Å²) < 4.78 is 20.5. The summed E-state index contributed by atoms with van der Waals surface area (Å²) in [7, 11) is 2.78. The second-order valence-electron chi connectivity index (χ2n) is 8.03. The van der Waals surface area contributed by atoms with E-state index in [2.05, 4.69) is 10.3 Å². The summed E-state index contributed by atoms with van der Waals surface area (Å²) in [5, 5.41) is 9.10. The Bertz CT molecular complexity index is 1280. The van der Waals surface area contributed by atoms with Gasteiger partial charge in [0.05, 0.1) is 32.5 Å². The molecule has 2 aromatic carbocycles. The topological polar surface area (TPSA) is 92.4 Å². The van der Waals surface area contributed by atoms with Crippen LogP contribution in [-0.4, -0.2) is 42.0 Å². The number of ether oxygens (including phenoxy) is 3. The van der Waals surface area contributed by atoms with Gasteiger partial charge >= 0.3 is 5.97 Å². The minimum absolute atomic E-state index is 0.114. The highest BCUT2D eigenvalue weighted by molar-refractivity contribution is 6.50. The molecule has 1 fully saturated rings. The van der Waals surface area contributed by atoms with E-state index in [0.717, 1.165) is 17.4 Å². The fourth-order valence-corrected chi connectivity index (χ4v) is 4.01. The summed E-state index contributed by atoms with van der Waals surface area (Å²) in [6, 6.07) is 12.7. The van der Waals surface area contributed by atoms with Crippen LogP contribution in [0.2, 0.25) is 0 Å². The fraction of sp³-hybridized carbons (Fsp3) is 0.320. The zero-order valence-corrected chi connectivity index (χ0v) is 20.9. The van der Waals surface area contributed by atoms with Crippen LogP contribution in [0.1, 0.15) is 30.2 Å². The number of methoxy groups -OCH3 is 2. The maximum Gasteiger partial charge on any atom is 0.341 e. The molecule has 0 aliphatic heterocycles. The average Bonchev–Trinajstić information content (AvgIpc) is 3.26. The van der Waals surface area contributed by atoms with Crippen LogP contribution in [0.3, 0.4) is 0 Å². The number of nitrogens with zero attached hydrogens (tertiary/aromatic N) is 2. The van der Waals surface area contributed by atoms with Crippen LogP contribution in [0.4, 0.5) is 0 Å². The Labute approximate surface area is 212 Å². The number of rotatable bonds is 10. The molecule has 0 saturated heterocycles. The first-order valence-electron chi connectivity index (χ1n) is 10.8. The monoisotopic (exact) mass is 518 g/mol. The summed E-state index contributed by atoms with van der Waals surface area (Å²) in [5.74, 6) is 0.250. The number of hydrogen-bond donors (Lipinski definition) is 0. The molecule has 0 N–H and O–H groups in total. The summed E-state index contributed by atoms with van der Waals surface area (Å²) >= 11 is 12.1. The van der Waals surface area contributed by atoms with Gasteiger partial charge in [-0.05, 0) is 31.0 Å². The van der Waals surface area contributed by atoms with Crippen molar-refractivity contribution in [3.8, 4) is 5.75 Å². The van der Waals surface area contributed by atoms with Gasteiger partial charge in [0.25, 0.3) is 0 Å². The third-order valence-corrected chi connectivity index (χ3v) is 6.49. The van der Waals surface area contributed by atoms with E-state index in [1.807, 2.05) is 30.3 Å². The average molecular weight is 519 g/mol. The minimum atomic E-state index is -0.682. The number of esters is 1. The van der Waals surface area contributed by atoms with Gasteiger partial charge in [-0.3, -0.25) is 0 Å². The van der Waals surface area contributed by atoms with Crippen LogP contribution in [0.5, 0.6) is 5.75 Å². The van der Waals surface area contributed by atoms with Crippen LogP contribution in [0, 0.1) is 5.92 Å². The van der Waals surface area contributed by atoms with Gasteiger partial charge in [-0.2, -0.15) is 0 Å². The molecule has 184 valence electrons. The maximum absolute atomic E-state index is 12.2. The third-order valence-electron chi connectivity index (χ3n) is 5.56. The van der Waals surface area contributed by atoms with E-state index < -0.39 is 10.3 Å². The van der Waals surface area contributed by atoms with Crippen molar-refractivity contribution in [2.75, 3.05) is 20.8 Å². The highest BCUT2D eigenvalue weighted by atomic mass is 35.5. The largest absolute Gasteiger partial charge is 0.503 e. The molecule has 0 radical (unpaired) electrons. The lowest BCUT2D eigenvalue weighted by Crippen LogP contribution is -2.07. The van der Waals surface area contributed by atoms with Gasteiger partial charge in [0, 0.05) is 17.5 Å². The quantitative estimate of drug-likeness (QED) is 0.0872. The molecule has 0 amide bonds. The number of carbonyl (C=O) groups excluding carboxylic acids is 1. The van der Waals surface area contributed by atoms with Crippen molar-refractivity contribution in [3.63, 3.8) is 0 Å². The van der Waals surface area contributed by atoms with Crippen molar-refractivity contribution in [2.24, 2.45) is 11.1 Å². The van der Waals surface area contributed by atoms with Crippen molar-refractivity contribution < 1.29 is 28.4 Å². The van der Waals surface area contributed by atoms with Crippen molar-refractivity contribution in [1.82, 2.24) is 5.16 Å². The number of benzene rings is 2. The van der Waals surface area contributed by atoms with Crippen molar-refractivity contribution in [1.29, 1.82) is 0 Å². The zero-order chi connectivity index (χ0) is 25.0. The molecule has 1 saturated carbocycles. The lowest BCUT2D eigenvalue weighted by atomic mass is 10.0. The van der Waals surface area contributed by atoms with E-state index in [-0.39, 0.29) is 18.1 Å². The van der Waals surface area contributed by atoms with E-state index >= 15 is 0 Å². The maximum atomic E-state index is 12.2. The van der Waals surface area contributed by atoms with Gasteiger partial charge in [0.2, 0.25) is 0 Å². The number of halogens is 2. The van der Waals surface area contributed by atoms with Gasteiger partial charge < -0.3 is 23.6 Å². The van der Waals surface area contributed by atoms with Gasteiger partial charge in [-0.25, -0.2) is 4.79 Å². The summed E-state index contributed by atoms with van der Waals surface area (Å²) in [6.45, 7) is 2.32. The Balaban J connectivity index is 1.45. The molecule has 0 spiro atoms. The molecule has 1 atom stereocenters. The number of hydrogen-bond acceptors (Lipinski definition) is 8. The molecule has 10 heteroatoms. The van der Waals surface area contributed by atoms with E-state index in [1.165, 1.54) is 20.5 Å². The highest BCUT2D eigenvalue weighted by Gasteiger charge is 2.52. The molecule has 4 rings (SSSR count). The molecule has 1 aliphatic carbocycles. The minimum Gasteiger partial charge on any atom is -0.503 e. The molecular weight excluding hydrogens is 495 g/mol. The number of aromatic nitrogens is 1. The summed E-state index contributed by atoms with van der Waals surface area (Å²) in [5.41, 5.74) is 3.28. The summed E-state index contributed by atoms with van der Waals surface area (Å²) in [4.78, 5) is 17.8. The Morgan fingerprint density at radius 3 is 2.74 bits per heavy atom. The normalized spacial score (nSPS) is 17.2. The molecule has 8 nitrogen and oxygen atoms in total. The van der Waals surface area contributed by atoms with Crippen LogP contribution < -0.4 is 4.74 Å². The van der Waals surface area contributed by atoms with E-state index in [0.29, 0.717) is 34.9 Å². The Morgan fingerprint density at radius 2 is 2.03 bits per heavy atom. The predicted molar refractivity (Wildman–Crippen MR) is 132 cm³/mol. The van der Waals surface area contributed by atoms with Crippen molar-refractivity contribution in [2.45, 2.75) is 24.3 Å². The van der Waals surface area contributed by atoms with Gasteiger partial charge in [-0.15, -0.1) is 23.2 Å². The number of fused-ring (bicyclic) bond motifs is 1. The molecular formula is C25H24Cl2N2O6. The Hall–Kier alpha value is -3.23. The van der Waals surface area contributed by atoms with Crippen LogP contribution in [0.15, 0.2) is 58.4 Å². The second-order valence-corrected chi connectivity index (χ2v) is 9.57. The fourth-order valence-electron chi connectivity index (χ4n) is 3.52. The molecule has 1 heterocycles. The first-order valence-corrected chi connectivity index (χ1v) is 11.6. The van der Waals surface area contributed by atoms with Crippen LogP contribution in [0.25, 0.3) is 16.5 Å². The standard InChI is InChI=1S/C25H24Cl2N2O6/c1-15(28-34-12-16-6-4-5-7-19(16)21(14-31-2)24(30)32-3)23-20-9-8-18(10-22(20)35-29-23)33-13-17-11-25(17,26)27/h4-10,14,17H,11-13H2,1-3H3. The predicted octanol–water partition coefficient (Wildman–Crippen LogP) is 5.50. The lowest BCUT2D eigenvalue weighted by Gasteiger charge is -2.11. The first-order chi connectivity index (χ1) is 16.8. The van der Waals surface area contributed by atoms with Gasteiger partial charge in [0.1, 0.15) is 33.7 Å². The van der Waals surface area contributed by atoms with E-state index in [4.69, 9.17) is 46.8 Å². The zero-order valence-electron chi connectivity index (χ0n) is 19.4. The third kappa shape index (κ3) is 5.71. The van der Waals surface area contributed by atoms with Gasteiger partial charge in [0.15, 0.2) is 5.58 Å². The van der Waals surface area contributed by atoms with E-state index in [1.54, 1.807) is 19.1 Å². The summed E-state index contributed by atoms with van der Waals surface area (Å²) in [6.07, 6.45) is 2.06. The number of carbonyl (C=O) groups is 1. The number of oxime groups is 1. The van der Waals surface area contributed by atoms with Crippen molar-refractivity contribution >= 4 is 51.4 Å². The molecule has 35 heavy (non-hydrogen) atoms. The Morgan fingerprint density at radius 1 is 1.26 bits per heavy atom. The number of alkyl halides is 2. The smallest absolute Gasteiger partial charge is 0.341 e. The second kappa shape index (κ2) is 10.6. The van der Waals surface area contributed by atoms with Crippen molar-refractivity contribution in [3.05, 3.63) is 65.5 Å². The molecule has 0 bridgehead atoms. The van der Waals surface area contributed by atoms with Gasteiger partial charge in [-0.1, -0.05) is 34.6 Å². The molecule has 3 aromatic rings. The SMILES string of the molecule is COC=C(C(=O)OC)c1ccccc1CON=C(C)c1noc2cc(OCC3CC3(Cl)Cl)ccc12. The van der Waals surface area contributed by atoms with Crippen LogP contribution >= 0.6 is 23.2 Å². The molecule has 1 aliphatic rings. The highest BCUT2D eigenvalue weighted by Crippen LogP contribution is 2.53. The lowest BCUT2D eigenvalue weighted by molar-refractivity contribution is -0.133. The van der Waals surface area contributed by atoms with E-state index in [9.17, 15) is 4.79 Å². The Kier molecular flexibility index (Phi) is 7.52. The molecule has 1 unspecified atom stereocenters.